The van der Waals surface area contributed by atoms with E-state index >= 15 is 0 Å². The highest BCUT2D eigenvalue weighted by Crippen LogP contribution is 2.25. The number of nitrogens with two attached hydrogens (primary N) is 1. The van der Waals surface area contributed by atoms with Gasteiger partial charge in [0.15, 0.2) is 0 Å². The number of rotatable bonds is 3. The second-order valence-corrected chi connectivity index (χ2v) is 5.42. The smallest absolute Gasteiger partial charge is 0.236 e. The zero-order chi connectivity index (χ0) is 15.4. The molecule has 0 saturated carbocycles. The van der Waals surface area contributed by atoms with E-state index in [2.05, 4.69) is 16.9 Å². The highest BCUT2D eigenvalue weighted by Gasteiger charge is 2.31. The molecule has 2 heterocycles. The SMILES string of the molecule is C[C@@H]1CCN(C(=O)CC#N)C[C@@H]1N(C)c1cc(N)ncn1. The number of amides is 1. The van der Waals surface area contributed by atoms with Gasteiger partial charge in [-0.3, -0.25) is 4.79 Å². The van der Waals surface area contributed by atoms with Crippen molar-refractivity contribution in [2.24, 2.45) is 5.92 Å². The number of hydrogen-bond donors (Lipinski definition) is 1. The standard InChI is InChI=1S/C14H20N6O/c1-10-4-6-20(14(21)3-5-15)8-11(10)19(2)13-7-12(16)17-9-18-13/h7,9-11H,3-4,6,8H2,1-2H3,(H2,16,17,18)/t10-,11+/m1/s1. The number of piperidine rings is 1. The molecule has 1 aliphatic heterocycles. The van der Waals surface area contributed by atoms with Crippen LogP contribution in [0.3, 0.4) is 0 Å². The molecule has 21 heavy (non-hydrogen) atoms. The van der Waals surface area contributed by atoms with E-state index in [1.807, 2.05) is 18.0 Å². The van der Waals surface area contributed by atoms with Gasteiger partial charge in [-0.1, -0.05) is 6.92 Å². The zero-order valence-corrected chi connectivity index (χ0v) is 12.4. The Morgan fingerprint density at radius 3 is 3.05 bits per heavy atom. The maximum atomic E-state index is 11.9. The Morgan fingerprint density at radius 2 is 2.38 bits per heavy atom. The molecule has 0 aliphatic carbocycles. The molecule has 0 unspecified atom stereocenters. The summed E-state index contributed by atoms with van der Waals surface area (Å²) in [6.45, 7) is 3.47. The number of aromatic nitrogens is 2. The van der Waals surface area contributed by atoms with E-state index in [1.165, 1.54) is 6.33 Å². The highest BCUT2D eigenvalue weighted by molar-refractivity contribution is 5.78. The average molecular weight is 288 g/mol. The second kappa shape index (κ2) is 6.39. The third-order valence-electron chi connectivity index (χ3n) is 4.03. The summed E-state index contributed by atoms with van der Waals surface area (Å²) < 4.78 is 0. The molecule has 2 rings (SSSR count). The quantitative estimate of drug-likeness (QED) is 0.876. The lowest BCUT2D eigenvalue weighted by molar-refractivity contribution is -0.131. The summed E-state index contributed by atoms with van der Waals surface area (Å²) in [5.74, 6) is 1.49. The molecule has 0 bridgehead atoms. The van der Waals surface area contributed by atoms with Crippen molar-refractivity contribution in [2.75, 3.05) is 30.8 Å². The first-order valence-corrected chi connectivity index (χ1v) is 6.98. The third kappa shape index (κ3) is 3.40. The van der Waals surface area contributed by atoms with Crippen LogP contribution in [0.15, 0.2) is 12.4 Å². The van der Waals surface area contributed by atoms with Crippen LogP contribution in [0.4, 0.5) is 11.6 Å². The molecule has 112 valence electrons. The Kier molecular flexibility index (Phi) is 4.58. The van der Waals surface area contributed by atoms with Crippen LogP contribution in [0.1, 0.15) is 19.8 Å². The molecule has 1 aliphatic rings. The minimum Gasteiger partial charge on any atom is -0.384 e. The summed E-state index contributed by atoms with van der Waals surface area (Å²) in [5.41, 5.74) is 5.70. The number of nitrogens with zero attached hydrogens (tertiary/aromatic N) is 5. The first-order valence-electron chi connectivity index (χ1n) is 6.98. The number of carbonyl (C=O) groups is 1. The van der Waals surface area contributed by atoms with Gasteiger partial charge in [0.05, 0.1) is 12.1 Å². The van der Waals surface area contributed by atoms with Crippen molar-refractivity contribution in [2.45, 2.75) is 25.8 Å². The normalized spacial score (nSPS) is 21.7. The van der Waals surface area contributed by atoms with Crippen LogP contribution < -0.4 is 10.6 Å². The molecule has 7 heteroatoms. The lowest BCUT2D eigenvalue weighted by Gasteiger charge is -2.42. The Bertz CT molecular complexity index is 555. The van der Waals surface area contributed by atoms with Gasteiger partial charge in [-0.2, -0.15) is 5.26 Å². The van der Waals surface area contributed by atoms with E-state index in [0.29, 0.717) is 24.8 Å². The maximum Gasteiger partial charge on any atom is 0.236 e. The van der Waals surface area contributed by atoms with Gasteiger partial charge in [0, 0.05) is 26.2 Å². The summed E-state index contributed by atoms with van der Waals surface area (Å²) in [7, 11) is 1.95. The molecule has 1 amide bonds. The fraction of sp³-hybridized carbons (Fsp3) is 0.571. The molecule has 0 aromatic carbocycles. The van der Waals surface area contributed by atoms with Crippen molar-refractivity contribution < 1.29 is 4.79 Å². The predicted molar refractivity (Wildman–Crippen MR) is 79.2 cm³/mol. The van der Waals surface area contributed by atoms with Gasteiger partial charge < -0.3 is 15.5 Å². The van der Waals surface area contributed by atoms with Gasteiger partial charge in [-0.15, -0.1) is 0 Å². The second-order valence-electron chi connectivity index (χ2n) is 5.42. The van der Waals surface area contributed by atoms with Crippen LogP contribution in [0.25, 0.3) is 0 Å². The van der Waals surface area contributed by atoms with Crippen LogP contribution in [0.5, 0.6) is 0 Å². The van der Waals surface area contributed by atoms with Crippen LogP contribution >= 0.6 is 0 Å². The Labute approximate surface area is 124 Å². The van der Waals surface area contributed by atoms with Gasteiger partial charge in [0.2, 0.25) is 5.91 Å². The lowest BCUT2D eigenvalue weighted by atomic mass is 9.92. The van der Waals surface area contributed by atoms with Gasteiger partial charge in [-0.05, 0) is 12.3 Å². The van der Waals surface area contributed by atoms with Crippen molar-refractivity contribution in [1.82, 2.24) is 14.9 Å². The van der Waals surface area contributed by atoms with E-state index in [4.69, 9.17) is 11.0 Å². The molecule has 2 atom stereocenters. The van der Waals surface area contributed by atoms with Crippen LogP contribution in [-0.4, -0.2) is 47.0 Å². The molecule has 7 nitrogen and oxygen atoms in total. The Hall–Kier alpha value is -2.36. The molecular formula is C14H20N6O. The largest absolute Gasteiger partial charge is 0.384 e. The van der Waals surface area contributed by atoms with E-state index < -0.39 is 0 Å². The first kappa shape index (κ1) is 15.0. The average Bonchev–Trinajstić information content (AvgIpc) is 2.47. The van der Waals surface area contributed by atoms with Crippen LogP contribution in [0, 0.1) is 17.2 Å². The van der Waals surface area contributed by atoms with Crippen LogP contribution in [-0.2, 0) is 4.79 Å². The van der Waals surface area contributed by atoms with Gasteiger partial charge in [0.1, 0.15) is 24.4 Å². The molecule has 1 aromatic heterocycles. The summed E-state index contributed by atoms with van der Waals surface area (Å²) in [6.07, 6.45) is 2.28. The molecule has 1 aromatic rings. The van der Waals surface area contributed by atoms with Crippen molar-refractivity contribution >= 4 is 17.5 Å². The maximum absolute atomic E-state index is 11.9. The molecule has 2 N–H and O–H groups in total. The van der Waals surface area contributed by atoms with E-state index in [-0.39, 0.29) is 18.4 Å². The Balaban J connectivity index is 2.13. The number of carbonyl (C=O) groups excluding carboxylic acids is 1. The van der Waals surface area contributed by atoms with Crippen molar-refractivity contribution in [1.29, 1.82) is 5.26 Å². The monoisotopic (exact) mass is 288 g/mol. The number of nitrogen functional groups attached to an aromatic ring is 1. The topological polar surface area (TPSA) is 99.1 Å². The first-order chi connectivity index (χ1) is 10.0. The summed E-state index contributed by atoms with van der Waals surface area (Å²) in [5, 5.41) is 8.66. The van der Waals surface area contributed by atoms with Crippen molar-refractivity contribution in [3.8, 4) is 6.07 Å². The van der Waals surface area contributed by atoms with Gasteiger partial charge in [-0.25, -0.2) is 9.97 Å². The van der Waals surface area contributed by atoms with Gasteiger partial charge in [0.25, 0.3) is 0 Å². The fourth-order valence-electron chi connectivity index (χ4n) is 2.68. The van der Waals surface area contributed by atoms with E-state index in [1.54, 1.807) is 11.0 Å². The molecule has 0 radical (unpaired) electrons. The fourth-order valence-corrected chi connectivity index (χ4v) is 2.68. The highest BCUT2D eigenvalue weighted by atomic mass is 16.2. The summed E-state index contributed by atoms with van der Waals surface area (Å²) in [4.78, 5) is 23.8. The third-order valence-corrected chi connectivity index (χ3v) is 4.03. The van der Waals surface area contributed by atoms with Crippen molar-refractivity contribution in [3.05, 3.63) is 12.4 Å². The molecular weight excluding hydrogens is 268 g/mol. The molecule has 1 saturated heterocycles. The van der Waals surface area contributed by atoms with E-state index in [9.17, 15) is 4.79 Å². The summed E-state index contributed by atoms with van der Waals surface area (Å²) in [6, 6.07) is 3.79. The molecule has 0 spiro atoms. The lowest BCUT2D eigenvalue weighted by Crippen LogP contribution is -2.52. The number of likely N-dealkylation sites (N-methyl/N-ethyl adjacent to an activating group) is 1. The number of anilines is 2. The minimum atomic E-state index is -0.106. The van der Waals surface area contributed by atoms with Gasteiger partial charge >= 0.3 is 0 Å². The molecule has 1 fully saturated rings. The zero-order valence-electron chi connectivity index (χ0n) is 12.4. The number of likely N-dealkylation sites (tertiary alicyclic amines) is 1. The van der Waals surface area contributed by atoms with Crippen LogP contribution in [0.2, 0.25) is 0 Å². The number of hydrogen-bond acceptors (Lipinski definition) is 6. The van der Waals surface area contributed by atoms with E-state index in [0.717, 1.165) is 12.2 Å². The number of nitriles is 1. The summed E-state index contributed by atoms with van der Waals surface area (Å²) >= 11 is 0. The minimum absolute atomic E-state index is 0.0642. The predicted octanol–water partition coefficient (Wildman–Crippen LogP) is 0.646. The van der Waals surface area contributed by atoms with Crippen molar-refractivity contribution in [3.63, 3.8) is 0 Å². The Morgan fingerprint density at radius 1 is 1.62 bits per heavy atom.